The van der Waals surface area contributed by atoms with E-state index in [0.717, 1.165) is 23.3 Å². The standard InChI is InChI=1S/C16H19N5O/c1-4-13-14-15(18-10-19-16(14)22-20-13)17-9-11-5-7-12(8-6-11)21(2)3/h5-8,10H,4,9H2,1-3H3,(H,17,18,19). The molecule has 0 aliphatic carbocycles. The second kappa shape index (κ2) is 6.01. The summed E-state index contributed by atoms with van der Waals surface area (Å²) < 4.78 is 5.23. The fourth-order valence-corrected chi connectivity index (χ4v) is 2.32. The van der Waals surface area contributed by atoms with Crippen molar-refractivity contribution in [2.75, 3.05) is 24.3 Å². The molecule has 6 nitrogen and oxygen atoms in total. The maximum Gasteiger partial charge on any atom is 0.263 e. The molecule has 22 heavy (non-hydrogen) atoms. The van der Waals surface area contributed by atoms with Crippen LogP contribution in [0.15, 0.2) is 35.1 Å². The summed E-state index contributed by atoms with van der Waals surface area (Å²) in [6.07, 6.45) is 2.27. The van der Waals surface area contributed by atoms with Crippen LogP contribution in [0.3, 0.4) is 0 Å². The molecule has 0 bridgehead atoms. The van der Waals surface area contributed by atoms with Crippen molar-refractivity contribution < 1.29 is 4.52 Å². The Morgan fingerprint density at radius 2 is 1.91 bits per heavy atom. The van der Waals surface area contributed by atoms with E-state index in [0.29, 0.717) is 12.3 Å². The topological polar surface area (TPSA) is 67.1 Å². The first-order valence-electron chi connectivity index (χ1n) is 7.28. The Morgan fingerprint density at radius 3 is 2.59 bits per heavy atom. The highest BCUT2D eigenvalue weighted by atomic mass is 16.5. The maximum atomic E-state index is 5.23. The first-order valence-corrected chi connectivity index (χ1v) is 7.28. The number of anilines is 2. The van der Waals surface area contributed by atoms with E-state index in [4.69, 9.17) is 4.52 Å². The molecule has 0 saturated carbocycles. The van der Waals surface area contributed by atoms with Crippen LogP contribution in [0.1, 0.15) is 18.2 Å². The van der Waals surface area contributed by atoms with E-state index < -0.39 is 0 Å². The van der Waals surface area contributed by atoms with Crippen molar-refractivity contribution in [1.82, 2.24) is 15.1 Å². The average molecular weight is 297 g/mol. The molecule has 0 radical (unpaired) electrons. The summed E-state index contributed by atoms with van der Waals surface area (Å²) in [6.45, 7) is 2.72. The Bertz CT molecular complexity index is 764. The van der Waals surface area contributed by atoms with Crippen molar-refractivity contribution in [1.29, 1.82) is 0 Å². The van der Waals surface area contributed by atoms with Crippen LogP contribution in [0.5, 0.6) is 0 Å². The van der Waals surface area contributed by atoms with Crippen LogP contribution in [0.4, 0.5) is 11.5 Å². The van der Waals surface area contributed by atoms with Gasteiger partial charge in [0.15, 0.2) is 0 Å². The lowest BCUT2D eigenvalue weighted by atomic mass is 10.2. The molecular weight excluding hydrogens is 278 g/mol. The van der Waals surface area contributed by atoms with E-state index in [1.54, 1.807) is 0 Å². The van der Waals surface area contributed by atoms with Gasteiger partial charge >= 0.3 is 0 Å². The van der Waals surface area contributed by atoms with Gasteiger partial charge in [-0.1, -0.05) is 24.2 Å². The van der Waals surface area contributed by atoms with Crippen molar-refractivity contribution in [3.05, 3.63) is 41.9 Å². The zero-order valence-corrected chi connectivity index (χ0v) is 13.0. The molecular formula is C16H19N5O. The Hall–Kier alpha value is -2.63. The molecule has 2 heterocycles. The van der Waals surface area contributed by atoms with E-state index >= 15 is 0 Å². The molecule has 6 heteroatoms. The zero-order valence-electron chi connectivity index (χ0n) is 13.0. The van der Waals surface area contributed by atoms with Crippen molar-refractivity contribution in [3.63, 3.8) is 0 Å². The van der Waals surface area contributed by atoms with E-state index in [1.807, 2.05) is 21.0 Å². The minimum absolute atomic E-state index is 0.525. The van der Waals surface area contributed by atoms with Crippen LogP contribution < -0.4 is 10.2 Å². The number of hydrogen-bond acceptors (Lipinski definition) is 6. The molecule has 0 saturated heterocycles. The molecule has 3 aromatic rings. The number of benzene rings is 1. The van der Waals surface area contributed by atoms with Crippen molar-refractivity contribution in [3.8, 4) is 0 Å². The van der Waals surface area contributed by atoms with Gasteiger partial charge < -0.3 is 14.7 Å². The SMILES string of the molecule is CCc1noc2ncnc(NCc3ccc(N(C)C)cc3)c12. The van der Waals surface area contributed by atoms with Gasteiger partial charge in [0.2, 0.25) is 0 Å². The third-order valence-corrected chi connectivity index (χ3v) is 3.59. The highest BCUT2D eigenvalue weighted by Crippen LogP contribution is 2.24. The first-order chi connectivity index (χ1) is 10.7. The summed E-state index contributed by atoms with van der Waals surface area (Å²) in [5.74, 6) is 0.764. The van der Waals surface area contributed by atoms with Gasteiger partial charge in [0.25, 0.3) is 5.71 Å². The number of hydrogen-bond donors (Lipinski definition) is 1. The summed E-state index contributed by atoms with van der Waals surface area (Å²) >= 11 is 0. The number of fused-ring (bicyclic) bond motifs is 1. The lowest BCUT2D eigenvalue weighted by molar-refractivity contribution is 0.439. The first kappa shape index (κ1) is 14.3. The predicted molar refractivity (Wildman–Crippen MR) is 87.1 cm³/mol. The van der Waals surface area contributed by atoms with Gasteiger partial charge in [-0.15, -0.1) is 0 Å². The Kier molecular flexibility index (Phi) is 3.91. The van der Waals surface area contributed by atoms with Crippen LogP contribution >= 0.6 is 0 Å². The monoisotopic (exact) mass is 297 g/mol. The zero-order chi connectivity index (χ0) is 15.5. The van der Waals surface area contributed by atoms with Crippen LogP contribution in [-0.4, -0.2) is 29.2 Å². The minimum atomic E-state index is 0.525. The maximum absolute atomic E-state index is 5.23. The largest absolute Gasteiger partial charge is 0.378 e. The molecule has 1 N–H and O–H groups in total. The van der Waals surface area contributed by atoms with Crippen LogP contribution in [0, 0.1) is 0 Å². The summed E-state index contributed by atoms with van der Waals surface area (Å²) in [7, 11) is 4.06. The lowest BCUT2D eigenvalue weighted by Gasteiger charge is -2.13. The van der Waals surface area contributed by atoms with Crippen molar-refractivity contribution >= 4 is 22.6 Å². The molecule has 2 aromatic heterocycles. The second-order valence-electron chi connectivity index (χ2n) is 5.30. The summed E-state index contributed by atoms with van der Waals surface area (Å²) in [4.78, 5) is 10.5. The molecule has 0 aliphatic rings. The highest BCUT2D eigenvalue weighted by molar-refractivity contribution is 5.87. The fraction of sp³-hybridized carbons (Fsp3) is 0.312. The normalized spacial score (nSPS) is 10.9. The van der Waals surface area contributed by atoms with Gasteiger partial charge in [-0.05, 0) is 24.1 Å². The molecule has 0 fully saturated rings. The number of aromatic nitrogens is 3. The molecule has 0 unspecified atom stereocenters. The third-order valence-electron chi connectivity index (χ3n) is 3.59. The average Bonchev–Trinajstić information content (AvgIpc) is 2.97. The second-order valence-corrected chi connectivity index (χ2v) is 5.30. The fourth-order valence-electron chi connectivity index (χ4n) is 2.32. The van der Waals surface area contributed by atoms with Crippen LogP contribution in [0.2, 0.25) is 0 Å². The molecule has 1 aromatic carbocycles. The van der Waals surface area contributed by atoms with Gasteiger partial charge in [0, 0.05) is 26.3 Å². The van der Waals surface area contributed by atoms with Gasteiger partial charge in [-0.2, -0.15) is 4.98 Å². The quantitative estimate of drug-likeness (QED) is 0.781. The van der Waals surface area contributed by atoms with Crippen LogP contribution in [0.25, 0.3) is 11.1 Å². The summed E-state index contributed by atoms with van der Waals surface area (Å²) in [5.41, 5.74) is 3.77. The van der Waals surface area contributed by atoms with Gasteiger partial charge in [0.05, 0.1) is 5.69 Å². The van der Waals surface area contributed by atoms with Crippen LogP contribution in [-0.2, 0) is 13.0 Å². The predicted octanol–water partition coefficient (Wildman–Crippen LogP) is 2.86. The Balaban J connectivity index is 1.80. The van der Waals surface area contributed by atoms with E-state index in [9.17, 15) is 0 Å². The van der Waals surface area contributed by atoms with Gasteiger partial charge in [-0.3, -0.25) is 0 Å². The number of nitrogens with zero attached hydrogens (tertiary/aromatic N) is 4. The van der Waals surface area contributed by atoms with Gasteiger partial charge in [0.1, 0.15) is 17.5 Å². The third kappa shape index (κ3) is 2.72. The van der Waals surface area contributed by atoms with E-state index in [1.165, 1.54) is 17.6 Å². The smallest absolute Gasteiger partial charge is 0.263 e. The molecule has 114 valence electrons. The minimum Gasteiger partial charge on any atom is -0.378 e. The highest BCUT2D eigenvalue weighted by Gasteiger charge is 2.13. The Morgan fingerprint density at radius 1 is 1.14 bits per heavy atom. The molecule has 0 amide bonds. The number of aryl methyl sites for hydroxylation is 1. The molecule has 0 atom stereocenters. The summed E-state index contributed by atoms with van der Waals surface area (Å²) in [6, 6.07) is 8.41. The van der Waals surface area contributed by atoms with Gasteiger partial charge in [-0.25, -0.2) is 4.98 Å². The van der Waals surface area contributed by atoms with E-state index in [2.05, 4.69) is 49.6 Å². The molecule has 0 aliphatic heterocycles. The molecule has 0 spiro atoms. The lowest BCUT2D eigenvalue weighted by Crippen LogP contribution is -2.08. The number of rotatable bonds is 5. The van der Waals surface area contributed by atoms with E-state index in [-0.39, 0.29) is 0 Å². The number of nitrogens with one attached hydrogen (secondary N) is 1. The Labute approximate surface area is 129 Å². The molecule has 3 rings (SSSR count). The summed E-state index contributed by atoms with van der Waals surface area (Å²) in [5, 5.41) is 8.26. The van der Waals surface area contributed by atoms with Crippen molar-refractivity contribution in [2.24, 2.45) is 0 Å². The van der Waals surface area contributed by atoms with Crippen molar-refractivity contribution in [2.45, 2.75) is 19.9 Å².